The van der Waals surface area contributed by atoms with Crippen LogP contribution in [0, 0.1) is 0 Å². The first-order valence-electron chi connectivity index (χ1n) is 6.12. The van der Waals surface area contributed by atoms with Crippen molar-refractivity contribution in [3.63, 3.8) is 0 Å². The molecule has 0 radical (unpaired) electrons. The number of carbonyl (C=O) groups is 3. The molecule has 0 bridgehead atoms. The van der Waals surface area contributed by atoms with Crippen LogP contribution < -0.4 is 5.32 Å². The lowest BCUT2D eigenvalue weighted by molar-refractivity contribution is -0.115. The molecule has 0 saturated heterocycles. The fourth-order valence-corrected chi connectivity index (χ4v) is 1.77. The first-order chi connectivity index (χ1) is 9.69. The summed E-state index contributed by atoms with van der Waals surface area (Å²) in [7, 11) is 0. The molecule has 0 aromatic heterocycles. The van der Waals surface area contributed by atoms with Gasteiger partial charge < -0.3 is 5.32 Å². The summed E-state index contributed by atoms with van der Waals surface area (Å²) in [5.41, 5.74) is 1.47. The molecule has 0 fully saturated rings. The van der Waals surface area contributed by atoms with Crippen LogP contribution in [-0.4, -0.2) is 18.0 Å². The van der Waals surface area contributed by atoms with Gasteiger partial charge in [-0.05, 0) is 12.1 Å². The average molecular weight is 267 g/mol. The van der Waals surface area contributed by atoms with Gasteiger partial charge in [0, 0.05) is 16.8 Å². The molecule has 0 saturated carbocycles. The number of Topliss-reactive ketones (excluding diaryl/α,β-unsaturated/α-hetero) is 1. The third-order valence-corrected chi connectivity index (χ3v) is 2.72. The first-order valence-corrected chi connectivity index (χ1v) is 6.12. The van der Waals surface area contributed by atoms with Crippen LogP contribution in [-0.2, 0) is 4.79 Å². The molecular weight excluding hydrogens is 254 g/mol. The van der Waals surface area contributed by atoms with Crippen molar-refractivity contribution in [1.29, 1.82) is 0 Å². The van der Waals surface area contributed by atoms with Gasteiger partial charge in [0.15, 0.2) is 5.78 Å². The summed E-state index contributed by atoms with van der Waals surface area (Å²) in [6, 6.07) is 15.2. The molecule has 2 aromatic carbocycles. The van der Waals surface area contributed by atoms with Crippen LogP contribution in [0.5, 0.6) is 0 Å². The van der Waals surface area contributed by atoms with Crippen LogP contribution in [0.25, 0.3) is 0 Å². The van der Waals surface area contributed by atoms with Crippen LogP contribution in [0.3, 0.4) is 0 Å². The summed E-state index contributed by atoms with van der Waals surface area (Å²) in [6.45, 7) is 0. The maximum atomic E-state index is 11.9. The van der Waals surface area contributed by atoms with Gasteiger partial charge in [-0.2, -0.15) is 0 Å². The van der Waals surface area contributed by atoms with Crippen molar-refractivity contribution in [2.45, 2.75) is 6.42 Å². The number of amides is 1. The number of nitrogens with one attached hydrogen (secondary N) is 1. The maximum absolute atomic E-state index is 11.9. The highest BCUT2D eigenvalue weighted by Crippen LogP contribution is 2.10. The SMILES string of the molecule is O=Cc1cccc(NC(=O)CC(=O)c2ccccc2)c1. The molecule has 0 spiro atoms. The van der Waals surface area contributed by atoms with E-state index in [9.17, 15) is 14.4 Å². The highest BCUT2D eigenvalue weighted by Gasteiger charge is 2.11. The molecule has 0 aliphatic rings. The molecule has 0 atom stereocenters. The number of anilines is 1. The molecule has 2 rings (SSSR count). The summed E-state index contributed by atoms with van der Waals surface area (Å²) < 4.78 is 0. The first kappa shape index (κ1) is 13.7. The zero-order valence-corrected chi connectivity index (χ0v) is 10.7. The van der Waals surface area contributed by atoms with Gasteiger partial charge >= 0.3 is 0 Å². The lowest BCUT2D eigenvalue weighted by atomic mass is 10.1. The standard InChI is InChI=1S/C16H13NO3/c18-11-12-5-4-8-14(9-12)17-16(20)10-15(19)13-6-2-1-3-7-13/h1-9,11H,10H2,(H,17,20). The Kier molecular flexibility index (Phi) is 4.39. The van der Waals surface area contributed by atoms with E-state index < -0.39 is 5.91 Å². The summed E-state index contributed by atoms with van der Waals surface area (Å²) >= 11 is 0. The molecule has 100 valence electrons. The van der Waals surface area contributed by atoms with E-state index in [1.165, 1.54) is 0 Å². The Morgan fingerprint density at radius 3 is 2.45 bits per heavy atom. The van der Waals surface area contributed by atoms with Crippen molar-refractivity contribution in [3.05, 3.63) is 65.7 Å². The third-order valence-electron chi connectivity index (χ3n) is 2.72. The smallest absolute Gasteiger partial charge is 0.232 e. The Morgan fingerprint density at radius 2 is 1.75 bits per heavy atom. The highest BCUT2D eigenvalue weighted by molar-refractivity contribution is 6.11. The minimum absolute atomic E-state index is 0.227. The maximum Gasteiger partial charge on any atom is 0.232 e. The van der Waals surface area contributed by atoms with Crippen LogP contribution in [0.15, 0.2) is 54.6 Å². The van der Waals surface area contributed by atoms with E-state index in [-0.39, 0.29) is 12.2 Å². The lowest BCUT2D eigenvalue weighted by Crippen LogP contribution is -2.16. The summed E-state index contributed by atoms with van der Waals surface area (Å²) in [4.78, 5) is 34.3. The second kappa shape index (κ2) is 6.43. The molecule has 2 aromatic rings. The molecule has 0 unspecified atom stereocenters. The largest absolute Gasteiger partial charge is 0.326 e. The lowest BCUT2D eigenvalue weighted by Gasteiger charge is -2.05. The Bertz CT molecular complexity index is 635. The van der Waals surface area contributed by atoms with Crippen molar-refractivity contribution in [2.75, 3.05) is 5.32 Å². The fraction of sp³-hybridized carbons (Fsp3) is 0.0625. The van der Waals surface area contributed by atoms with Crippen molar-refractivity contribution in [3.8, 4) is 0 Å². The molecular formula is C16H13NO3. The van der Waals surface area contributed by atoms with Gasteiger partial charge in [-0.25, -0.2) is 0 Å². The molecule has 0 heterocycles. The van der Waals surface area contributed by atoms with E-state index in [2.05, 4.69) is 5.32 Å². The Morgan fingerprint density at radius 1 is 1.00 bits per heavy atom. The topological polar surface area (TPSA) is 63.2 Å². The van der Waals surface area contributed by atoms with Gasteiger partial charge in [0.25, 0.3) is 0 Å². The second-order valence-corrected chi connectivity index (χ2v) is 4.26. The molecule has 4 heteroatoms. The zero-order chi connectivity index (χ0) is 14.4. The van der Waals surface area contributed by atoms with E-state index in [0.717, 1.165) is 0 Å². The number of hydrogen-bond acceptors (Lipinski definition) is 3. The van der Waals surface area contributed by atoms with E-state index in [0.29, 0.717) is 23.1 Å². The molecule has 20 heavy (non-hydrogen) atoms. The summed E-state index contributed by atoms with van der Waals surface area (Å²) in [6.07, 6.45) is 0.472. The third kappa shape index (κ3) is 3.62. The zero-order valence-electron chi connectivity index (χ0n) is 10.7. The van der Waals surface area contributed by atoms with Crippen LogP contribution in [0.1, 0.15) is 27.1 Å². The molecule has 4 nitrogen and oxygen atoms in total. The van der Waals surface area contributed by atoms with E-state index >= 15 is 0 Å². The number of carbonyl (C=O) groups excluding carboxylic acids is 3. The Balaban J connectivity index is 1.99. The number of ketones is 1. The van der Waals surface area contributed by atoms with E-state index in [1.807, 2.05) is 6.07 Å². The summed E-state index contributed by atoms with van der Waals surface area (Å²) in [5, 5.41) is 2.60. The average Bonchev–Trinajstić information content (AvgIpc) is 2.48. The normalized spacial score (nSPS) is 9.80. The quantitative estimate of drug-likeness (QED) is 0.514. The monoisotopic (exact) mass is 267 g/mol. The van der Waals surface area contributed by atoms with Crippen molar-refractivity contribution in [1.82, 2.24) is 0 Å². The summed E-state index contributed by atoms with van der Waals surface area (Å²) in [5.74, 6) is -0.642. The highest BCUT2D eigenvalue weighted by atomic mass is 16.2. The fourth-order valence-electron chi connectivity index (χ4n) is 1.77. The predicted molar refractivity (Wildman–Crippen MR) is 75.8 cm³/mol. The van der Waals surface area contributed by atoms with Crippen LogP contribution >= 0.6 is 0 Å². The van der Waals surface area contributed by atoms with Gasteiger partial charge in [-0.15, -0.1) is 0 Å². The number of aldehydes is 1. The van der Waals surface area contributed by atoms with Gasteiger partial charge in [-0.3, -0.25) is 14.4 Å². The minimum atomic E-state index is -0.401. The Hall–Kier alpha value is -2.75. The Labute approximate surface area is 116 Å². The molecule has 0 aliphatic heterocycles. The van der Waals surface area contributed by atoms with Crippen molar-refractivity contribution >= 4 is 23.7 Å². The molecule has 0 aliphatic carbocycles. The van der Waals surface area contributed by atoms with Crippen molar-refractivity contribution in [2.24, 2.45) is 0 Å². The van der Waals surface area contributed by atoms with Gasteiger partial charge in [-0.1, -0.05) is 42.5 Å². The van der Waals surface area contributed by atoms with Gasteiger partial charge in [0.05, 0.1) is 6.42 Å². The van der Waals surface area contributed by atoms with Crippen LogP contribution in [0.4, 0.5) is 5.69 Å². The second-order valence-electron chi connectivity index (χ2n) is 4.26. The van der Waals surface area contributed by atoms with Gasteiger partial charge in [0.2, 0.25) is 5.91 Å². The van der Waals surface area contributed by atoms with Crippen molar-refractivity contribution < 1.29 is 14.4 Å². The van der Waals surface area contributed by atoms with Gasteiger partial charge in [0.1, 0.15) is 6.29 Å². The van der Waals surface area contributed by atoms with Crippen LogP contribution in [0.2, 0.25) is 0 Å². The minimum Gasteiger partial charge on any atom is -0.326 e. The predicted octanol–water partition coefficient (Wildman–Crippen LogP) is 2.71. The number of hydrogen-bond donors (Lipinski definition) is 1. The number of rotatable bonds is 5. The molecule has 1 amide bonds. The van der Waals surface area contributed by atoms with E-state index in [4.69, 9.17) is 0 Å². The van der Waals surface area contributed by atoms with E-state index in [1.54, 1.807) is 48.5 Å². The molecule has 1 N–H and O–H groups in total. The number of benzene rings is 2.